The summed E-state index contributed by atoms with van der Waals surface area (Å²) in [4.78, 5) is 9.98. The number of hydrogen-bond donors (Lipinski definition) is 2. The van der Waals surface area contributed by atoms with Gasteiger partial charge >= 0.3 is 0 Å². The average molecular weight is 369 g/mol. The van der Waals surface area contributed by atoms with Crippen molar-refractivity contribution in [2.45, 2.75) is 11.3 Å². The summed E-state index contributed by atoms with van der Waals surface area (Å²) in [7, 11) is -2.69. The van der Waals surface area contributed by atoms with Gasteiger partial charge in [0.05, 0.1) is 17.7 Å². The highest BCUT2D eigenvalue weighted by Crippen LogP contribution is 2.26. The maximum absolute atomic E-state index is 13.4. The molecule has 0 aliphatic rings. The molecular weight excluding hydrogens is 353 g/mol. The van der Waals surface area contributed by atoms with E-state index in [0.717, 1.165) is 23.8 Å². The summed E-state index contributed by atoms with van der Waals surface area (Å²) in [6.45, 7) is 0.248. The van der Waals surface area contributed by atoms with Crippen molar-refractivity contribution >= 4 is 21.4 Å². The van der Waals surface area contributed by atoms with E-state index in [0.29, 0.717) is 6.42 Å². The van der Waals surface area contributed by atoms with Crippen molar-refractivity contribution < 1.29 is 22.5 Å². The summed E-state index contributed by atoms with van der Waals surface area (Å²) in [5.41, 5.74) is 0.512. The lowest BCUT2D eigenvalue weighted by Crippen LogP contribution is -2.16. The second-order valence-corrected chi connectivity index (χ2v) is 6.66. The molecule has 134 valence electrons. The molecule has 0 bridgehead atoms. The lowest BCUT2D eigenvalue weighted by molar-refractivity contribution is -0.384. The molecule has 0 spiro atoms. The Morgan fingerprint density at radius 1 is 1.28 bits per heavy atom. The fourth-order valence-electron chi connectivity index (χ4n) is 2.22. The third kappa shape index (κ3) is 4.64. The van der Waals surface area contributed by atoms with E-state index >= 15 is 0 Å². The molecule has 0 aliphatic heterocycles. The van der Waals surface area contributed by atoms with Crippen LogP contribution in [0.15, 0.2) is 41.3 Å². The van der Waals surface area contributed by atoms with Gasteiger partial charge in [-0.2, -0.15) is 0 Å². The first-order chi connectivity index (χ1) is 11.7. The van der Waals surface area contributed by atoms with Gasteiger partial charge in [-0.1, -0.05) is 6.07 Å². The van der Waals surface area contributed by atoms with E-state index < -0.39 is 20.8 Å². The first kappa shape index (κ1) is 18.6. The Hall–Kier alpha value is -2.72. The molecule has 3 N–H and O–H groups in total. The highest BCUT2D eigenvalue weighted by Gasteiger charge is 2.18. The molecule has 0 aromatic heterocycles. The molecule has 25 heavy (non-hydrogen) atoms. The molecule has 0 saturated heterocycles. The highest BCUT2D eigenvalue weighted by molar-refractivity contribution is 7.89. The zero-order valence-electron chi connectivity index (χ0n) is 13.2. The lowest BCUT2D eigenvalue weighted by atomic mass is 10.1. The highest BCUT2D eigenvalue weighted by atomic mass is 32.2. The molecule has 10 heteroatoms. The number of hydrogen-bond acceptors (Lipinski definition) is 6. The molecule has 2 aromatic carbocycles. The molecule has 0 fully saturated rings. The first-order valence-corrected chi connectivity index (χ1v) is 8.64. The minimum atomic E-state index is -4.04. The fraction of sp³-hybridized carbons (Fsp3) is 0.200. The third-order valence-electron chi connectivity index (χ3n) is 3.43. The van der Waals surface area contributed by atoms with E-state index in [4.69, 9.17) is 9.88 Å². The number of nitrogens with one attached hydrogen (secondary N) is 1. The number of primary sulfonamides is 1. The van der Waals surface area contributed by atoms with E-state index in [-0.39, 0.29) is 28.6 Å². The zero-order chi connectivity index (χ0) is 18.6. The summed E-state index contributed by atoms with van der Waals surface area (Å²) in [5.74, 6) is -0.396. The number of anilines is 1. The smallest absolute Gasteiger partial charge is 0.271 e. The Kier molecular flexibility index (Phi) is 5.55. The van der Waals surface area contributed by atoms with Crippen molar-refractivity contribution in [1.29, 1.82) is 0 Å². The number of nitrogens with zero attached hydrogens (tertiary/aromatic N) is 1. The van der Waals surface area contributed by atoms with Crippen molar-refractivity contribution in [3.8, 4) is 5.75 Å². The van der Waals surface area contributed by atoms with Gasteiger partial charge in [0, 0.05) is 18.7 Å². The van der Waals surface area contributed by atoms with Gasteiger partial charge in [0.25, 0.3) is 5.69 Å². The number of halogens is 1. The SMILES string of the molecule is COc1cc(CCNc2cc([N+](=O)[O-])ccc2S(N)(=O)=O)ccc1F. The van der Waals surface area contributed by atoms with Crippen molar-refractivity contribution in [3.05, 3.63) is 57.9 Å². The number of sulfonamides is 1. The standard InChI is InChI=1S/C15H16FN3O5S/c1-24-14-8-10(2-4-12(14)16)6-7-18-13-9-11(19(20)21)3-5-15(13)25(17,22)23/h2-5,8-9,18H,6-7H2,1H3,(H2,17,22,23). The quantitative estimate of drug-likeness (QED) is 0.568. The molecule has 2 aromatic rings. The monoisotopic (exact) mass is 369 g/mol. The van der Waals surface area contributed by atoms with Crippen molar-refractivity contribution in [1.82, 2.24) is 0 Å². The van der Waals surface area contributed by atoms with Gasteiger partial charge in [-0.25, -0.2) is 17.9 Å². The van der Waals surface area contributed by atoms with Crippen LogP contribution in [0.2, 0.25) is 0 Å². The van der Waals surface area contributed by atoms with E-state index in [2.05, 4.69) is 5.32 Å². The van der Waals surface area contributed by atoms with Gasteiger partial charge in [0.2, 0.25) is 10.0 Å². The van der Waals surface area contributed by atoms with Crippen molar-refractivity contribution in [2.75, 3.05) is 19.0 Å². The topological polar surface area (TPSA) is 125 Å². The molecule has 0 unspecified atom stereocenters. The van der Waals surface area contributed by atoms with Crippen molar-refractivity contribution in [3.63, 3.8) is 0 Å². The molecule has 2 rings (SSSR count). The Labute approximate surface area is 143 Å². The van der Waals surface area contributed by atoms with Crippen LogP contribution in [0.3, 0.4) is 0 Å². The number of rotatable bonds is 7. The Balaban J connectivity index is 2.19. The van der Waals surface area contributed by atoms with Gasteiger partial charge in [-0.05, 0) is 30.2 Å². The Morgan fingerprint density at radius 2 is 2.00 bits per heavy atom. The fourth-order valence-corrected chi connectivity index (χ4v) is 2.91. The second-order valence-electron chi connectivity index (χ2n) is 5.13. The number of ether oxygens (including phenoxy) is 1. The van der Waals surface area contributed by atoms with Crippen LogP contribution in [0.5, 0.6) is 5.75 Å². The Bertz CT molecular complexity index is 902. The number of benzene rings is 2. The predicted octanol–water partition coefficient (Wildman–Crippen LogP) is 2.04. The van der Waals surface area contributed by atoms with E-state index in [9.17, 15) is 22.9 Å². The number of nitro benzene ring substituents is 1. The summed E-state index contributed by atoms with van der Waals surface area (Å²) in [5, 5.41) is 18.8. The van der Waals surface area contributed by atoms with E-state index in [1.165, 1.54) is 19.2 Å². The van der Waals surface area contributed by atoms with Gasteiger partial charge in [0.1, 0.15) is 4.90 Å². The maximum atomic E-state index is 13.4. The van der Waals surface area contributed by atoms with Gasteiger partial charge in [-0.3, -0.25) is 10.1 Å². The number of methoxy groups -OCH3 is 1. The van der Waals surface area contributed by atoms with Crippen LogP contribution in [0.4, 0.5) is 15.8 Å². The van der Waals surface area contributed by atoms with Crippen LogP contribution in [-0.4, -0.2) is 27.0 Å². The molecular formula is C15H16FN3O5S. The molecule has 0 heterocycles. The van der Waals surface area contributed by atoms with Crippen LogP contribution in [0, 0.1) is 15.9 Å². The lowest BCUT2D eigenvalue weighted by Gasteiger charge is -2.11. The summed E-state index contributed by atoms with van der Waals surface area (Å²) in [6.07, 6.45) is 0.406. The minimum absolute atomic E-state index is 0.0331. The third-order valence-corrected chi connectivity index (χ3v) is 4.39. The number of nitro groups is 1. The van der Waals surface area contributed by atoms with Gasteiger partial charge in [0.15, 0.2) is 11.6 Å². The molecule has 8 nitrogen and oxygen atoms in total. The normalized spacial score (nSPS) is 11.2. The van der Waals surface area contributed by atoms with Crippen LogP contribution in [0.25, 0.3) is 0 Å². The van der Waals surface area contributed by atoms with Crippen LogP contribution in [-0.2, 0) is 16.4 Å². The summed E-state index contributed by atoms with van der Waals surface area (Å²) in [6, 6.07) is 7.59. The summed E-state index contributed by atoms with van der Waals surface area (Å²) >= 11 is 0. The zero-order valence-corrected chi connectivity index (χ0v) is 14.0. The number of non-ortho nitro benzene ring substituents is 1. The molecule has 0 radical (unpaired) electrons. The van der Waals surface area contributed by atoms with Crippen LogP contribution in [0.1, 0.15) is 5.56 Å². The van der Waals surface area contributed by atoms with Gasteiger partial charge < -0.3 is 10.1 Å². The first-order valence-electron chi connectivity index (χ1n) is 7.10. The van der Waals surface area contributed by atoms with Crippen molar-refractivity contribution in [2.24, 2.45) is 5.14 Å². The Morgan fingerprint density at radius 3 is 2.60 bits per heavy atom. The van der Waals surface area contributed by atoms with E-state index in [1.807, 2.05) is 0 Å². The van der Waals surface area contributed by atoms with Gasteiger partial charge in [-0.15, -0.1) is 0 Å². The maximum Gasteiger partial charge on any atom is 0.271 e. The molecule has 0 saturated carbocycles. The molecule has 0 atom stereocenters. The number of nitrogens with two attached hydrogens (primary N) is 1. The summed E-state index contributed by atoms with van der Waals surface area (Å²) < 4.78 is 41.5. The minimum Gasteiger partial charge on any atom is -0.494 e. The average Bonchev–Trinajstić information content (AvgIpc) is 2.55. The second kappa shape index (κ2) is 7.45. The molecule has 0 aliphatic carbocycles. The van der Waals surface area contributed by atoms with Crippen LogP contribution >= 0.6 is 0 Å². The van der Waals surface area contributed by atoms with E-state index in [1.54, 1.807) is 6.07 Å². The largest absolute Gasteiger partial charge is 0.494 e. The predicted molar refractivity (Wildman–Crippen MR) is 89.6 cm³/mol. The van der Waals surface area contributed by atoms with Crippen LogP contribution < -0.4 is 15.2 Å². The molecule has 0 amide bonds.